The van der Waals surface area contributed by atoms with Crippen molar-refractivity contribution in [3.05, 3.63) is 0 Å². The fourth-order valence-corrected chi connectivity index (χ4v) is 3.91. The van der Waals surface area contributed by atoms with Gasteiger partial charge in [-0.3, -0.25) is 4.90 Å². The minimum absolute atomic E-state index is 0.225. The van der Waals surface area contributed by atoms with Gasteiger partial charge in [0.1, 0.15) is 0 Å². The molecule has 0 aromatic rings. The Kier molecular flexibility index (Phi) is 5.67. The predicted octanol–water partition coefficient (Wildman–Crippen LogP) is 2.64. The van der Waals surface area contributed by atoms with Crippen molar-refractivity contribution >= 4 is 0 Å². The van der Waals surface area contributed by atoms with E-state index in [-0.39, 0.29) is 5.54 Å². The first-order valence-corrected chi connectivity index (χ1v) is 8.21. The maximum absolute atomic E-state index is 6.19. The van der Waals surface area contributed by atoms with E-state index >= 15 is 0 Å². The molecule has 0 saturated carbocycles. The van der Waals surface area contributed by atoms with E-state index in [0.717, 1.165) is 38.0 Å². The standard InChI is InChI=1S/C16H32N2O/c1-14(2)15-5-3-9-18(10-6-15)16(13-17)7-4-11-19-12-8-16/h14-15H,3-13,17H2,1-2H3. The third-order valence-corrected chi connectivity index (χ3v) is 5.41. The molecule has 0 aromatic carbocycles. The Morgan fingerprint density at radius 1 is 1.16 bits per heavy atom. The molecule has 2 rings (SSSR count). The number of hydrogen-bond donors (Lipinski definition) is 1. The molecule has 0 spiro atoms. The van der Waals surface area contributed by atoms with Crippen LogP contribution in [0.25, 0.3) is 0 Å². The van der Waals surface area contributed by atoms with Crippen molar-refractivity contribution in [2.45, 2.75) is 57.9 Å². The van der Waals surface area contributed by atoms with Crippen LogP contribution in [0.2, 0.25) is 0 Å². The largest absolute Gasteiger partial charge is 0.381 e. The Hall–Kier alpha value is -0.120. The highest BCUT2D eigenvalue weighted by Gasteiger charge is 2.37. The predicted molar refractivity (Wildman–Crippen MR) is 80.2 cm³/mol. The average Bonchev–Trinajstić information content (AvgIpc) is 2.79. The maximum Gasteiger partial charge on any atom is 0.0484 e. The number of nitrogens with two attached hydrogens (primary N) is 1. The van der Waals surface area contributed by atoms with E-state index in [4.69, 9.17) is 10.5 Å². The van der Waals surface area contributed by atoms with E-state index in [0.29, 0.717) is 0 Å². The van der Waals surface area contributed by atoms with Gasteiger partial charge in [0, 0.05) is 25.3 Å². The molecule has 2 N–H and O–H groups in total. The van der Waals surface area contributed by atoms with Crippen molar-refractivity contribution in [3.8, 4) is 0 Å². The molecule has 2 unspecified atom stereocenters. The second-order valence-electron chi connectivity index (χ2n) is 6.82. The lowest BCUT2D eigenvalue weighted by Gasteiger charge is -2.42. The molecule has 0 aromatic heterocycles. The quantitative estimate of drug-likeness (QED) is 0.855. The molecule has 112 valence electrons. The minimum atomic E-state index is 0.225. The summed E-state index contributed by atoms with van der Waals surface area (Å²) in [5, 5.41) is 0. The van der Waals surface area contributed by atoms with Gasteiger partial charge in [0.2, 0.25) is 0 Å². The van der Waals surface area contributed by atoms with Crippen LogP contribution in [-0.2, 0) is 4.74 Å². The summed E-state index contributed by atoms with van der Waals surface area (Å²) in [6, 6.07) is 0. The van der Waals surface area contributed by atoms with Gasteiger partial charge in [0.15, 0.2) is 0 Å². The topological polar surface area (TPSA) is 38.5 Å². The van der Waals surface area contributed by atoms with Crippen LogP contribution in [0.1, 0.15) is 52.4 Å². The van der Waals surface area contributed by atoms with Crippen LogP contribution >= 0.6 is 0 Å². The van der Waals surface area contributed by atoms with Crippen molar-refractivity contribution < 1.29 is 4.74 Å². The Bertz CT molecular complexity index is 259. The van der Waals surface area contributed by atoms with E-state index in [1.54, 1.807) is 0 Å². The van der Waals surface area contributed by atoms with Crippen LogP contribution in [-0.4, -0.2) is 43.3 Å². The van der Waals surface area contributed by atoms with Crippen molar-refractivity contribution in [3.63, 3.8) is 0 Å². The summed E-state index contributed by atoms with van der Waals surface area (Å²) in [6.45, 7) is 9.83. The molecule has 0 aliphatic carbocycles. The Balaban J connectivity index is 2.01. The molecule has 3 nitrogen and oxygen atoms in total. The van der Waals surface area contributed by atoms with E-state index in [1.165, 1.54) is 45.2 Å². The summed E-state index contributed by atoms with van der Waals surface area (Å²) in [6.07, 6.45) is 7.59. The summed E-state index contributed by atoms with van der Waals surface area (Å²) in [5.74, 6) is 1.73. The normalized spacial score (nSPS) is 35.1. The third kappa shape index (κ3) is 3.71. The number of ether oxygens (including phenoxy) is 1. The van der Waals surface area contributed by atoms with Gasteiger partial charge in [-0.25, -0.2) is 0 Å². The van der Waals surface area contributed by atoms with Crippen LogP contribution in [0.15, 0.2) is 0 Å². The molecule has 0 radical (unpaired) electrons. The smallest absolute Gasteiger partial charge is 0.0484 e. The van der Waals surface area contributed by atoms with E-state index < -0.39 is 0 Å². The molecular weight excluding hydrogens is 236 g/mol. The zero-order valence-corrected chi connectivity index (χ0v) is 12.9. The molecule has 2 saturated heterocycles. The molecule has 19 heavy (non-hydrogen) atoms. The molecule has 3 heteroatoms. The first kappa shape index (κ1) is 15.3. The van der Waals surface area contributed by atoms with E-state index in [2.05, 4.69) is 18.7 Å². The second kappa shape index (κ2) is 7.05. The number of nitrogens with zero attached hydrogens (tertiary/aromatic N) is 1. The minimum Gasteiger partial charge on any atom is -0.381 e. The summed E-state index contributed by atoms with van der Waals surface area (Å²) >= 11 is 0. The highest BCUT2D eigenvalue weighted by Crippen LogP contribution is 2.32. The van der Waals surface area contributed by atoms with Gasteiger partial charge >= 0.3 is 0 Å². The van der Waals surface area contributed by atoms with Gasteiger partial charge in [0.05, 0.1) is 0 Å². The van der Waals surface area contributed by atoms with Crippen LogP contribution in [0, 0.1) is 11.8 Å². The number of likely N-dealkylation sites (tertiary alicyclic amines) is 1. The van der Waals surface area contributed by atoms with Crippen LogP contribution in [0.5, 0.6) is 0 Å². The molecule has 0 bridgehead atoms. The van der Waals surface area contributed by atoms with Crippen LogP contribution in [0.3, 0.4) is 0 Å². The zero-order chi connectivity index (χ0) is 13.7. The average molecular weight is 268 g/mol. The lowest BCUT2D eigenvalue weighted by Crippen LogP contribution is -2.54. The summed E-state index contributed by atoms with van der Waals surface area (Å²) < 4.78 is 5.65. The molecule has 2 aliphatic rings. The monoisotopic (exact) mass is 268 g/mol. The van der Waals surface area contributed by atoms with Crippen molar-refractivity contribution in [1.29, 1.82) is 0 Å². The first-order valence-electron chi connectivity index (χ1n) is 8.21. The third-order valence-electron chi connectivity index (χ3n) is 5.41. The van der Waals surface area contributed by atoms with Gasteiger partial charge in [-0.05, 0) is 63.5 Å². The SMILES string of the molecule is CC(C)C1CCCN(C2(CN)CCCOCC2)CC1. The maximum atomic E-state index is 6.19. The van der Waals surface area contributed by atoms with Crippen molar-refractivity contribution in [2.24, 2.45) is 17.6 Å². The second-order valence-corrected chi connectivity index (χ2v) is 6.82. The van der Waals surface area contributed by atoms with E-state index in [1.807, 2.05) is 0 Å². The molecule has 2 heterocycles. The molecule has 0 amide bonds. The fourth-order valence-electron chi connectivity index (χ4n) is 3.91. The van der Waals surface area contributed by atoms with Crippen molar-refractivity contribution in [2.75, 3.05) is 32.8 Å². The summed E-state index contributed by atoms with van der Waals surface area (Å²) in [5.41, 5.74) is 6.41. The number of hydrogen-bond acceptors (Lipinski definition) is 3. The molecular formula is C16H32N2O. The lowest BCUT2D eigenvalue weighted by molar-refractivity contribution is 0.0683. The van der Waals surface area contributed by atoms with Crippen LogP contribution < -0.4 is 5.73 Å². The Labute approximate surface area is 118 Å². The zero-order valence-electron chi connectivity index (χ0n) is 12.9. The highest BCUT2D eigenvalue weighted by atomic mass is 16.5. The van der Waals surface area contributed by atoms with Crippen LogP contribution in [0.4, 0.5) is 0 Å². The van der Waals surface area contributed by atoms with Gasteiger partial charge in [-0.1, -0.05) is 13.8 Å². The van der Waals surface area contributed by atoms with Gasteiger partial charge in [-0.2, -0.15) is 0 Å². The Morgan fingerprint density at radius 2 is 2.00 bits per heavy atom. The fraction of sp³-hybridized carbons (Fsp3) is 1.00. The summed E-state index contributed by atoms with van der Waals surface area (Å²) in [4.78, 5) is 2.71. The summed E-state index contributed by atoms with van der Waals surface area (Å²) in [7, 11) is 0. The molecule has 2 fully saturated rings. The molecule has 2 atom stereocenters. The number of rotatable bonds is 3. The highest BCUT2D eigenvalue weighted by molar-refractivity contribution is 4.94. The molecule has 2 aliphatic heterocycles. The lowest BCUT2D eigenvalue weighted by atomic mass is 9.87. The van der Waals surface area contributed by atoms with Gasteiger partial charge < -0.3 is 10.5 Å². The Morgan fingerprint density at radius 3 is 2.74 bits per heavy atom. The first-order chi connectivity index (χ1) is 9.18. The van der Waals surface area contributed by atoms with E-state index in [9.17, 15) is 0 Å². The van der Waals surface area contributed by atoms with Gasteiger partial charge in [0.25, 0.3) is 0 Å². The van der Waals surface area contributed by atoms with Crippen molar-refractivity contribution in [1.82, 2.24) is 4.90 Å². The van der Waals surface area contributed by atoms with Gasteiger partial charge in [-0.15, -0.1) is 0 Å².